The van der Waals surface area contributed by atoms with Crippen molar-refractivity contribution in [1.82, 2.24) is 0 Å². The molecule has 15 heavy (non-hydrogen) atoms. The molecule has 0 radical (unpaired) electrons. The van der Waals surface area contributed by atoms with Crippen molar-refractivity contribution in [2.45, 2.75) is 13.3 Å². The molecule has 0 fully saturated rings. The Balaban J connectivity index is -0.000000209. The Bertz CT molecular complexity index is 228. The topological polar surface area (TPSA) is 77.8 Å². The van der Waals surface area contributed by atoms with Crippen molar-refractivity contribution in [3.8, 4) is 5.75 Å². The summed E-state index contributed by atoms with van der Waals surface area (Å²) < 4.78 is 8.50. The molecule has 0 aromatic heterocycles. The summed E-state index contributed by atoms with van der Waals surface area (Å²) in [5.74, 6) is 0.340. The van der Waals surface area contributed by atoms with Crippen LogP contribution in [0.1, 0.15) is 12.5 Å². The third-order valence-electron chi connectivity index (χ3n) is 1.34. The van der Waals surface area contributed by atoms with Gasteiger partial charge in [-0.3, -0.25) is 4.79 Å². The molecule has 0 saturated carbocycles. The van der Waals surface area contributed by atoms with E-state index in [1.165, 1.54) is 5.56 Å². The van der Waals surface area contributed by atoms with Crippen LogP contribution in [-0.4, -0.2) is 22.0 Å². The van der Waals surface area contributed by atoms with Gasteiger partial charge >= 0.3 is 0 Å². The number of phenolic OH excluding ortho intramolecular Hbond substituents is 1. The molecule has 1 rings (SSSR count). The number of carboxylic acid groups (broad SMARTS) is 1. The molecule has 3 N–H and O–H groups in total. The molecule has 6 heteroatoms. The summed E-state index contributed by atoms with van der Waals surface area (Å²) in [7, 11) is 0. The Morgan fingerprint density at radius 2 is 1.60 bits per heavy atom. The van der Waals surface area contributed by atoms with E-state index >= 15 is 0 Å². The van der Waals surface area contributed by atoms with Gasteiger partial charge in [0.15, 0.2) is 0 Å². The Labute approximate surface area is 102 Å². The van der Waals surface area contributed by atoms with Gasteiger partial charge in [-0.1, -0.05) is 23.6 Å². The number of carbonyl (C=O) groups is 1. The van der Waals surface area contributed by atoms with E-state index in [0.717, 1.165) is 6.42 Å². The van der Waals surface area contributed by atoms with Crippen LogP contribution in [0.4, 0.5) is 4.53 Å². The first kappa shape index (κ1) is 19.6. The number of aromatic hydroxyl groups is 1. The first-order chi connectivity index (χ1) is 6.74. The summed E-state index contributed by atoms with van der Waals surface area (Å²) in [6, 6.07) is 7.27. The largest absolute Gasteiger partial charge is 0.508 e. The fraction of sp³-hybridized carbons (Fsp3) is 0.222. The summed E-state index contributed by atoms with van der Waals surface area (Å²) in [5, 5.41) is 21.2. The maximum Gasteiger partial charge on any atom is 0.290 e. The molecule has 0 heterocycles. The van der Waals surface area contributed by atoms with Crippen molar-refractivity contribution < 1.29 is 45.9 Å². The van der Waals surface area contributed by atoms with Crippen LogP contribution in [-0.2, 0) is 32.3 Å². The number of halogens is 1. The zero-order chi connectivity index (χ0) is 11.4. The number of benzene rings is 1. The van der Waals surface area contributed by atoms with E-state index < -0.39 is 0 Å². The van der Waals surface area contributed by atoms with E-state index in [1.54, 1.807) is 12.1 Å². The second-order valence-corrected chi connectivity index (χ2v) is 2.13. The van der Waals surface area contributed by atoms with Crippen LogP contribution >= 0.6 is 0 Å². The fourth-order valence-electron chi connectivity index (χ4n) is 0.732. The van der Waals surface area contributed by atoms with Crippen molar-refractivity contribution >= 4 is 6.47 Å². The molecule has 0 amide bonds. The predicted molar refractivity (Wildman–Crippen MR) is 49.5 cm³/mol. The van der Waals surface area contributed by atoms with Gasteiger partial charge in [0.05, 0.1) is 0 Å². The summed E-state index contributed by atoms with van der Waals surface area (Å²) in [4.78, 5) is 8.36. The van der Waals surface area contributed by atoms with Gasteiger partial charge in [-0.25, -0.2) is 5.31 Å². The van der Waals surface area contributed by atoms with Crippen molar-refractivity contribution in [1.29, 1.82) is 0 Å². The SMILES string of the molecule is CCc1ccc(O)cc1.O=CO.OF.[W]. The van der Waals surface area contributed by atoms with Gasteiger partial charge in [-0.2, -0.15) is 0 Å². The minimum Gasteiger partial charge on any atom is -0.508 e. The quantitative estimate of drug-likeness (QED) is 0.638. The van der Waals surface area contributed by atoms with Crippen molar-refractivity contribution in [2.75, 3.05) is 0 Å². The zero-order valence-electron chi connectivity index (χ0n) is 8.13. The molecule has 0 unspecified atom stereocenters. The summed E-state index contributed by atoms with van der Waals surface area (Å²) in [5.41, 5.74) is 1.26. The average Bonchev–Trinajstić information content (AvgIpc) is 2.23. The molecule has 0 aliphatic carbocycles. The number of aryl methyl sites for hydroxylation is 1. The Hall–Kier alpha value is -0.932. The van der Waals surface area contributed by atoms with E-state index in [-0.39, 0.29) is 27.5 Å². The molecule has 0 bridgehead atoms. The van der Waals surface area contributed by atoms with Gasteiger partial charge in [0.1, 0.15) is 5.75 Å². The fourth-order valence-corrected chi connectivity index (χ4v) is 0.732. The van der Waals surface area contributed by atoms with Gasteiger partial charge in [0.2, 0.25) is 0 Å². The first-order valence-corrected chi connectivity index (χ1v) is 3.77. The third kappa shape index (κ3) is 13.1. The molecule has 0 saturated heterocycles. The number of hydrogen-bond donors (Lipinski definition) is 3. The molecule has 0 spiro atoms. The molecular weight excluding hydrogens is 375 g/mol. The normalized spacial score (nSPS) is 6.87. The Morgan fingerprint density at radius 3 is 1.87 bits per heavy atom. The van der Waals surface area contributed by atoms with Crippen LogP contribution in [0.25, 0.3) is 0 Å². The molecule has 86 valence electrons. The maximum absolute atomic E-state index is 8.85. The van der Waals surface area contributed by atoms with Crippen molar-refractivity contribution in [3.63, 3.8) is 0 Å². The number of rotatable bonds is 1. The van der Waals surface area contributed by atoms with Crippen LogP contribution in [0.5, 0.6) is 5.75 Å². The van der Waals surface area contributed by atoms with Crippen LogP contribution < -0.4 is 0 Å². The van der Waals surface area contributed by atoms with Gasteiger partial charge in [0, 0.05) is 21.1 Å². The standard InChI is InChI=1S/C8H10O.CH2O2.FHO.W/c1-2-7-3-5-8(9)6-4-7;2-1-3;1-2;/h3-6,9H,2H2,1H3;1H,(H,2,3);2H;. The first-order valence-electron chi connectivity index (χ1n) is 3.77. The minimum absolute atomic E-state index is 0. The van der Waals surface area contributed by atoms with Crippen molar-refractivity contribution in [3.05, 3.63) is 29.8 Å². The van der Waals surface area contributed by atoms with Crippen LogP contribution in [0.3, 0.4) is 0 Å². The van der Waals surface area contributed by atoms with E-state index in [9.17, 15) is 0 Å². The van der Waals surface area contributed by atoms with E-state index in [0.29, 0.717) is 5.75 Å². The van der Waals surface area contributed by atoms with Crippen LogP contribution in [0.2, 0.25) is 0 Å². The summed E-state index contributed by atoms with van der Waals surface area (Å²) in [6.07, 6.45) is 1.03. The predicted octanol–water partition coefficient (Wildman–Crippen LogP) is 1.52. The monoisotopic (exact) mass is 388 g/mol. The molecule has 0 aliphatic heterocycles. The zero-order valence-corrected chi connectivity index (χ0v) is 11.1. The second kappa shape index (κ2) is 15.5. The maximum atomic E-state index is 8.85. The Kier molecular flexibility index (Phi) is 20.3. The van der Waals surface area contributed by atoms with E-state index in [4.69, 9.17) is 24.8 Å². The van der Waals surface area contributed by atoms with Gasteiger partial charge in [0.25, 0.3) is 6.47 Å². The smallest absolute Gasteiger partial charge is 0.290 e. The molecule has 0 aliphatic rings. The van der Waals surface area contributed by atoms with E-state index in [2.05, 4.69) is 6.92 Å². The number of hydrogen-bond acceptors (Lipinski definition) is 3. The second-order valence-electron chi connectivity index (χ2n) is 2.13. The molecule has 1 aromatic carbocycles. The number of phenols is 1. The summed E-state index contributed by atoms with van der Waals surface area (Å²) in [6.45, 7) is 1.84. The average molecular weight is 388 g/mol. The van der Waals surface area contributed by atoms with Crippen molar-refractivity contribution in [2.24, 2.45) is 0 Å². The van der Waals surface area contributed by atoms with Crippen LogP contribution in [0, 0.1) is 0 Å². The Morgan fingerprint density at radius 1 is 1.27 bits per heavy atom. The third-order valence-corrected chi connectivity index (χ3v) is 1.34. The van der Waals surface area contributed by atoms with Gasteiger partial charge < -0.3 is 10.2 Å². The van der Waals surface area contributed by atoms with Crippen LogP contribution in [0.15, 0.2) is 24.3 Å². The van der Waals surface area contributed by atoms with Gasteiger partial charge in [-0.15, -0.1) is 0 Å². The molecule has 1 aromatic rings. The molecular formula is C9H13FO4W. The molecule has 4 nitrogen and oxygen atoms in total. The van der Waals surface area contributed by atoms with Gasteiger partial charge in [-0.05, 0) is 24.1 Å². The minimum atomic E-state index is -0.250. The summed E-state index contributed by atoms with van der Waals surface area (Å²) >= 11 is 0. The van der Waals surface area contributed by atoms with E-state index in [1.807, 2.05) is 12.1 Å². The molecule has 0 atom stereocenters.